The molecular weight excluding hydrogens is 322 g/mol. The van der Waals surface area contributed by atoms with Gasteiger partial charge in [0.05, 0.1) is 6.61 Å². The first-order valence-electron chi connectivity index (χ1n) is 7.13. The first kappa shape index (κ1) is 26.5. The van der Waals surface area contributed by atoms with Gasteiger partial charge in [-0.15, -0.1) is 0 Å². The van der Waals surface area contributed by atoms with Gasteiger partial charge in [0.25, 0.3) is 0 Å². The summed E-state index contributed by atoms with van der Waals surface area (Å²) < 4.78 is 4.40. The van der Waals surface area contributed by atoms with Gasteiger partial charge >= 0.3 is 17.9 Å². The van der Waals surface area contributed by atoms with E-state index >= 15 is 0 Å². The fourth-order valence-corrected chi connectivity index (χ4v) is 0.872. The second kappa shape index (κ2) is 17.0. The van der Waals surface area contributed by atoms with E-state index in [0.29, 0.717) is 26.0 Å². The van der Waals surface area contributed by atoms with Crippen LogP contribution in [0, 0.1) is 5.41 Å². The van der Waals surface area contributed by atoms with Crippen LogP contribution in [0.15, 0.2) is 0 Å². The van der Waals surface area contributed by atoms with Gasteiger partial charge in [0.1, 0.15) is 12.1 Å². The van der Waals surface area contributed by atoms with Gasteiger partial charge in [-0.25, -0.2) is 0 Å². The molecule has 10 N–H and O–H groups in total. The van der Waals surface area contributed by atoms with Crippen LogP contribution >= 0.6 is 0 Å². The van der Waals surface area contributed by atoms with Crippen LogP contribution < -0.4 is 22.5 Å². The van der Waals surface area contributed by atoms with Crippen molar-refractivity contribution in [3.8, 4) is 0 Å². The summed E-state index contributed by atoms with van der Waals surface area (Å²) in [6.07, 6.45) is 0.975. The third-order valence-corrected chi connectivity index (χ3v) is 2.06. The van der Waals surface area contributed by atoms with Crippen molar-refractivity contribution >= 4 is 23.9 Å². The fraction of sp³-hybridized carbons (Fsp3) is 0.692. The van der Waals surface area contributed by atoms with E-state index < -0.39 is 24.0 Å². The van der Waals surface area contributed by atoms with Gasteiger partial charge in [0, 0.05) is 13.5 Å². The molecule has 0 aliphatic carbocycles. The molecule has 0 aromatic heterocycles. The number of ether oxygens (including phenoxy) is 1. The molecule has 0 spiro atoms. The summed E-state index contributed by atoms with van der Waals surface area (Å²) in [5.74, 6) is -2.29. The van der Waals surface area contributed by atoms with Crippen molar-refractivity contribution in [3.63, 3.8) is 0 Å². The van der Waals surface area contributed by atoms with Gasteiger partial charge in [-0.1, -0.05) is 0 Å². The zero-order valence-corrected chi connectivity index (χ0v) is 14.2. The summed E-state index contributed by atoms with van der Waals surface area (Å²) in [5, 5.41) is 25.6. The topological polar surface area (TPSA) is 215 Å². The highest BCUT2D eigenvalue weighted by Crippen LogP contribution is 1.92. The summed E-state index contributed by atoms with van der Waals surface area (Å²) in [4.78, 5) is 29.6. The molecule has 0 saturated carbocycles. The Morgan fingerprint density at radius 1 is 1.21 bits per heavy atom. The van der Waals surface area contributed by atoms with Crippen molar-refractivity contribution in [1.29, 1.82) is 5.41 Å². The van der Waals surface area contributed by atoms with Gasteiger partial charge in [0.15, 0.2) is 5.96 Å². The van der Waals surface area contributed by atoms with E-state index in [9.17, 15) is 14.4 Å². The quantitative estimate of drug-likeness (QED) is 0.124. The zero-order chi connectivity index (χ0) is 19.7. The summed E-state index contributed by atoms with van der Waals surface area (Å²) in [7, 11) is 0. The molecule has 0 aromatic rings. The number of aliphatic carboxylic acids is 2. The number of hydrogen-bond acceptors (Lipinski definition) is 7. The molecule has 0 fully saturated rings. The lowest BCUT2D eigenvalue weighted by Crippen LogP contribution is -2.34. The standard InChI is InChI=1S/C6H14N4O2.C4H8O2.C3H7NO2/c7-4(5(11)12)2-1-3-10-6(8)9;1-3-6-4(2)5;1-2(4)3(5)6/h4H,1-3,7H2,(H,11,12)(H4,8,9,10);3H2,1-2H3;2H,4H2,1H3,(H,5,6). The van der Waals surface area contributed by atoms with E-state index in [1.54, 1.807) is 6.92 Å². The SMILES string of the molecule is CC(N)C(=O)O.CCOC(C)=O.N=C(N)NCCCC(N)C(=O)O. The predicted octanol–water partition coefficient (Wildman–Crippen LogP) is -1.35. The van der Waals surface area contributed by atoms with Gasteiger partial charge in [0.2, 0.25) is 0 Å². The number of carbonyl (C=O) groups excluding carboxylic acids is 1. The highest BCUT2D eigenvalue weighted by molar-refractivity contribution is 5.74. The molecule has 0 aliphatic rings. The average Bonchev–Trinajstić information content (AvgIpc) is 2.44. The van der Waals surface area contributed by atoms with E-state index in [4.69, 9.17) is 32.8 Å². The van der Waals surface area contributed by atoms with E-state index in [0.717, 1.165) is 0 Å². The third-order valence-electron chi connectivity index (χ3n) is 2.06. The Hall–Kier alpha value is -2.40. The zero-order valence-electron chi connectivity index (χ0n) is 14.2. The van der Waals surface area contributed by atoms with Gasteiger partial charge in [-0.05, 0) is 26.7 Å². The van der Waals surface area contributed by atoms with Crippen LogP contribution in [0.25, 0.3) is 0 Å². The Bertz CT molecular complexity index is 389. The smallest absolute Gasteiger partial charge is 0.320 e. The van der Waals surface area contributed by atoms with Crippen LogP contribution in [0.3, 0.4) is 0 Å². The summed E-state index contributed by atoms with van der Waals surface area (Å²) in [5.41, 5.74) is 15.1. The Morgan fingerprint density at radius 2 is 1.67 bits per heavy atom. The minimum atomic E-state index is -1.00. The van der Waals surface area contributed by atoms with Crippen molar-refractivity contribution in [3.05, 3.63) is 0 Å². The van der Waals surface area contributed by atoms with E-state index in [1.165, 1.54) is 13.8 Å². The van der Waals surface area contributed by atoms with Crippen LogP contribution in [-0.4, -0.2) is 59.3 Å². The second-order valence-electron chi connectivity index (χ2n) is 4.48. The third kappa shape index (κ3) is 27.9. The largest absolute Gasteiger partial charge is 0.480 e. The Morgan fingerprint density at radius 3 is 1.88 bits per heavy atom. The van der Waals surface area contributed by atoms with Crippen LogP contribution in [0.5, 0.6) is 0 Å². The summed E-state index contributed by atoms with van der Waals surface area (Å²) in [6.45, 7) is 5.55. The average molecular weight is 351 g/mol. The molecule has 0 bridgehead atoms. The van der Waals surface area contributed by atoms with Crippen molar-refractivity contribution in [1.82, 2.24) is 5.32 Å². The fourth-order valence-electron chi connectivity index (χ4n) is 0.872. The Kier molecular flexibility index (Phi) is 18.7. The lowest BCUT2D eigenvalue weighted by atomic mass is 10.2. The number of nitrogens with two attached hydrogens (primary N) is 3. The van der Waals surface area contributed by atoms with E-state index in [1.807, 2.05) is 0 Å². The van der Waals surface area contributed by atoms with Gasteiger partial charge in [-0.2, -0.15) is 0 Å². The molecule has 2 unspecified atom stereocenters. The molecule has 0 saturated heterocycles. The van der Waals surface area contributed by atoms with Crippen LogP contribution in [0.2, 0.25) is 0 Å². The maximum Gasteiger partial charge on any atom is 0.320 e. The number of carboxylic acid groups (broad SMARTS) is 2. The number of nitrogens with one attached hydrogen (secondary N) is 2. The molecule has 0 amide bonds. The molecular formula is C13H29N5O6. The molecule has 2 atom stereocenters. The van der Waals surface area contributed by atoms with Gasteiger partial charge in [-0.3, -0.25) is 19.8 Å². The van der Waals surface area contributed by atoms with Gasteiger partial charge < -0.3 is 37.5 Å². The van der Waals surface area contributed by atoms with E-state index in [2.05, 4.69) is 10.1 Å². The summed E-state index contributed by atoms with van der Waals surface area (Å²) in [6, 6.07) is -1.55. The highest BCUT2D eigenvalue weighted by Gasteiger charge is 2.09. The first-order chi connectivity index (χ1) is 10.9. The van der Waals surface area contributed by atoms with Crippen molar-refractivity contribution in [2.45, 2.75) is 45.7 Å². The van der Waals surface area contributed by atoms with Crippen molar-refractivity contribution in [2.24, 2.45) is 17.2 Å². The van der Waals surface area contributed by atoms with Crippen molar-refractivity contribution < 1.29 is 29.3 Å². The minimum Gasteiger partial charge on any atom is -0.480 e. The molecule has 142 valence electrons. The maximum atomic E-state index is 10.2. The Labute approximate surface area is 141 Å². The predicted molar refractivity (Wildman–Crippen MR) is 88.4 cm³/mol. The molecule has 0 rings (SSSR count). The van der Waals surface area contributed by atoms with Crippen LogP contribution in [0.4, 0.5) is 0 Å². The molecule has 11 heteroatoms. The second-order valence-corrected chi connectivity index (χ2v) is 4.48. The highest BCUT2D eigenvalue weighted by atomic mass is 16.5. The lowest BCUT2D eigenvalue weighted by molar-refractivity contribution is -0.140. The molecule has 0 heterocycles. The molecule has 0 aromatic carbocycles. The first-order valence-corrected chi connectivity index (χ1v) is 7.13. The Balaban J connectivity index is -0.000000309. The number of esters is 1. The normalized spacial score (nSPS) is 11.4. The van der Waals surface area contributed by atoms with Crippen molar-refractivity contribution in [2.75, 3.05) is 13.2 Å². The number of hydrogen-bond donors (Lipinski definition) is 7. The monoisotopic (exact) mass is 351 g/mol. The minimum absolute atomic E-state index is 0.112. The summed E-state index contributed by atoms with van der Waals surface area (Å²) >= 11 is 0. The van der Waals surface area contributed by atoms with Crippen LogP contribution in [-0.2, 0) is 19.1 Å². The number of rotatable bonds is 7. The number of carboxylic acids is 2. The van der Waals surface area contributed by atoms with E-state index in [-0.39, 0.29) is 11.9 Å². The molecule has 0 radical (unpaired) electrons. The molecule has 11 nitrogen and oxygen atoms in total. The molecule has 24 heavy (non-hydrogen) atoms. The van der Waals surface area contributed by atoms with Crippen LogP contribution in [0.1, 0.15) is 33.6 Å². The molecule has 0 aliphatic heterocycles. The number of guanidine groups is 1. The maximum absolute atomic E-state index is 10.2. The lowest BCUT2D eigenvalue weighted by Gasteiger charge is -2.06. The number of carbonyl (C=O) groups is 3.